The van der Waals surface area contributed by atoms with Gasteiger partial charge in [-0.15, -0.1) is 0 Å². The van der Waals surface area contributed by atoms with E-state index in [0.29, 0.717) is 17.0 Å². The topological polar surface area (TPSA) is 38.3 Å². The van der Waals surface area contributed by atoms with Gasteiger partial charge < -0.3 is 10.1 Å². The Balaban J connectivity index is 1.78. The average molecular weight is 231 g/mol. The van der Waals surface area contributed by atoms with E-state index in [-0.39, 0.29) is 5.97 Å². The molecular formula is C14H17NO2. The Kier molecular flexibility index (Phi) is 2.44. The van der Waals surface area contributed by atoms with Crippen LogP contribution >= 0.6 is 0 Å². The molecule has 1 saturated heterocycles. The summed E-state index contributed by atoms with van der Waals surface area (Å²) < 4.78 is 4.70. The number of nitrogens with one attached hydrogen (secondary N) is 1. The number of methoxy groups -OCH3 is 1. The highest BCUT2D eigenvalue weighted by Gasteiger charge is 2.50. The molecule has 1 spiro atoms. The van der Waals surface area contributed by atoms with Crippen molar-refractivity contribution in [3.05, 3.63) is 35.4 Å². The number of ether oxygens (including phenoxy) is 1. The largest absolute Gasteiger partial charge is 0.465 e. The van der Waals surface area contributed by atoms with Gasteiger partial charge in [-0.3, -0.25) is 0 Å². The second-order valence-electron chi connectivity index (χ2n) is 5.14. The lowest BCUT2D eigenvalue weighted by Gasteiger charge is -2.57. The Morgan fingerprint density at radius 1 is 1.35 bits per heavy atom. The predicted molar refractivity (Wildman–Crippen MR) is 64.8 cm³/mol. The first kappa shape index (κ1) is 10.8. The first-order chi connectivity index (χ1) is 8.25. The Bertz CT molecular complexity index is 429. The van der Waals surface area contributed by atoms with Crippen molar-refractivity contribution in [3.63, 3.8) is 0 Å². The number of hydrogen-bond acceptors (Lipinski definition) is 3. The Labute approximate surface area is 101 Å². The molecule has 1 unspecified atom stereocenters. The van der Waals surface area contributed by atoms with Crippen LogP contribution in [-0.2, 0) is 4.74 Å². The van der Waals surface area contributed by atoms with Crippen molar-refractivity contribution in [1.82, 2.24) is 5.32 Å². The number of rotatable bonds is 2. The van der Waals surface area contributed by atoms with Gasteiger partial charge in [-0.1, -0.05) is 18.6 Å². The van der Waals surface area contributed by atoms with Gasteiger partial charge in [0.1, 0.15) is 0 Å². The maximum atomic E-state index is 11.3. The fourth-order valence-electron chi connectivity index (χ4n) is 2.99. The van der Waals surface area contributed by atoms with Gasteiger partial charge in [0.2, 0.25) is 0 Å². The second kappa shape index (κ2) is 3.84. The maximum absolute atomic E-state index is 11.3. The van der Waals surface area contributed by atoms with Crippen LogP contribution in [0.2, 0.25) is 0 Å². The lowest BCUT2D eigenvalue weighted by Crippen LogP contribution is -2.59. The van der Waals surface area contributed by atoms with E-state index < -0.39 is 0 Å². The number of carbonyl (C=O) groups is 1. The molecule has 2 fully saturated rings. The molecule has 1 aliphatic heterocycles. The Morgan fingerprint density at radius 3 is 2.47 bits per heavy atom. The van der Waals surface area contributed by atoms with Gasteiger partial charge in [-0.05, 0) is 30.5 Å². The third-order valence-corrected chi connectivity index (χ3v) is 4.29. The Hall–Kier alpha value is -1.35. The van der Waals surface area contributed by atoms with E-state index in [2.05, 4.69) is 5.32 Å². The van der Waals surface area contributed by atoms with Crippen molar-refractivity contribution in [2.75, 3.05) is 13.7 Å². The molecule has 3 rings (SSSR count). The van der Waals surface area contributed by atoms with Crippen molar-refractivity contribution >= 4 is 5.97 Å². The fourth-order valence-corrected chi connectivity index (χ4v) is 2.99. The molecule has 1 heterocycles. The third kappa shape index (κ3) is 1.57. The molecule has 0 radical (unpaired) electrons. The van der Waals surface area contributed by atoms with Crippen LogP contribution in [0, 0.1) is 5.41 Å². The average Bonchev–Trinajstić information content (AvgIpc) is 2.26. The standard InChI is InChI=1S/C14H17NO2/c1-17-13(16)11-5-3-10(4-6-11)12-14(9-15-12)7-2-8-14/h3-6,12,15H,2,7-9H2,1H3. The summed E-state index contributed by atoms with van der Waals surface area (Å²) in [6.45, 7) is 1.15. The maximum Gasteiger partial charge on any atom is 0.337 e. The SMILES string of the molecule is COC(=O)c1ccc(C2NCC23CCC3)cc1. The molecule has 17 heavy (non-hydrogen) atoms. The summed E-state index contributed by atoms with van der Waals surface area (Å²) in [6.07, 6.45) is 4.03. The normalized spacial score (nSPS) is 24.9. The van der Waals surface area contributed by atoms with Crippen molar-refractivity contribution in [1.29, 1.82) is 0 Å². The fraction of sp³-hybridized carbons (Fsp3) is 0.500. The zero-order valence-corrected chi connectivity index (χ0v) is 10.0. The molecule has 0 aromatic heterocycles. The highest BCUT2D eigenvalue weighted by molar-refractivity contribution is 5.89. The smallest absolute Gasteiger partial charge is 0.337 e. The van der Waals surface area contributed by atoms with Crippen LogP contribution in [0.15, 0.2) is 24.3 Å². The van der Waals surface area contributed by atoms with Crippen molar-refractivity contribution in [2.45, 2.75) is 25.3 Å². The van der Waals surface area contributed by atoms with Gasteiger partial charge in [0, 0.05) is 18.0 Å². The molecule has 0 amide bonds. The molecule has 1 aromatic carbocycles. The van der Waals surface area contributed by atoms with Crippen molar-refractivity contribution < 1.29 is 9.53 Å². The van der Waals surface area contributed by atoms with Crippen LogP contribution in [0.4, 0.5) is 0 Å². The second-order valence-corrected chi connectivity index (χ2v) is 5.14. The van der Waals surface area contributed by atoms with Gasteiger partial charge >= 0.3 is 5.97 Å². The lowest BCUT2D eigenvalue weighted by molar-refractivity contribution is -0.00565. The van der Waals surface area contributed by atoms with Gasteiger partial charge in [0.05, 0.1) is 12.7 Å². The molecule has 2 aliphatic rings. The van der Waals surface area contributed by atoms with Crippen molar-refractivity contribution in [2.24, 2.45) is 5.41 Å². The zero-order valence-electron chi connectivity index (χ0n) is 10.0. The first-order valence-electron chi connectivity index (χ1n) is 6.17. The summed E-state index contributed by atoms with van der Waals surface area (Å²) in [7, 11) is 1.41. The summed E-state index contributed by atoms with van der Waals surface area (Å²) in [5, 5.41) is 3.50. The molecule has 1 aliphatic carbocycles. The summed E-state index contributed by atoms with van der Waals surface area (Å²) in [5.41, 5.74) is 2.44. The third-order valence-electron chi connectivity index (χ3n) is 4.29. The van der Waals surface area contributed by atoms with E-state index in [4.69, 9.17) is 4.74 Å². The zero-order chi connectivity index (χ0) is 11.9. The van der Waals surface area contributed by atoms with E-state index >= 15 is 0 Å². The van der Waals surface area contributed by atoms with E-state index in [1.165, 1.54) is 31.9 Å². The summed E-state index contributed by atoms with van der Waals surface area (Å²) >= 11 is 0. The highest BCUT2D eigenvalue weighted by atomic mass is 16.5. The predicted octanol–water partition coefficient (Wildman–Crippen LogP) is 2.29. The minimum absolute atomic E-state index is 0.267. The monoisotopic (exact) mass is 231 g/mol. The van der Waals surface area contributed by atoms with E-state index in [1.54, 1.807) is 0 Å². The molecule has 3 heteroatoms. The van der Waals surface area contributed by atoms with Crippen molar-refractivity contribution in [3.8, 4) is 0 Å². The van der Waals surface area contributed by atoms with Gasteiger partial charge in [0.15, 0.2) is 0 Å². The van der Waals surface area contributed by atoms with E-state index in [1.807, 2.05) is 24.3 Å². The highest BCUT2D eigenvalue weighted by Crippen LogP contribution is 2.55. The van der Waals surface area contributed by atoms with E-state index in [0.717, 1.165) is 6.54 Å². The van der Waals surface area contributed by atoms with Crippen LogP contribution in [-0.4, -0.2) is 19.6 Å². The number of carbonyl (C=O) groups excluding carboxylic acids is 1. The summed E-state index contributed by atoms with van der Waals surface area (Å²) in [4.78, 5) is 11.3. The molecule has 1 aromatic rings. The number of benzene rings is 1. The minimum Gasteiger partial charge on any atom is -0.465 e. The minimum atomic E-state index is -0.267. The quantitative estimate of drug-likeness (QED) is 0.794. The molecule has 1 saturated carbocycles. The van der Waals surface area contributed by atoms with Gasteiger partial charge in [-0.2, -0.15) is 0 Å². The molecule has 3 nitrogen and oxygen atoms in total. The van der Waals surface area contributed by atoms with E-state index in [9.17, 15) is 4.79 Å². The molecule has 90 valence electrons. The first-order valence-corrected chi connectivity index (χ1v) is 6.17. The summed E-state index contributed by atoms with van der Waals surface area (Å²) in [6, 6.07) is 8.29. The van der Waals surface area contributed by atoms with Crippen LogP contribution < -0.4 is 5.32 Å². The molecular weight excluding hydrogens is 214 g/mol. The lowest BCUT2D eigenvalue weighted by atomic mass is 9.58. The number of hydrogen-bond donors (Lipinski definition) is 1. The number of esters is 1. The Morgan fingerprint density at radius 2 is 2.06 bits per heavy atom. The molecule has 0 bridgehead atoms. The van der Waals surface area contributed by atoms with Crippen LogP contribution in [0.1, 0.15) is 41.2 Å². The van der Waals surface area contributed by atoms with Crippen LogP contribution in [0.25, 0.3) is 0 Å². The van der Waals surface area contributed by atoms with Crippen LogP contribution in [0.3, 0.4) is 0 Å². The molecule has 1 N–H and O–H groups in total. The van der Waals surface area contributed by atoms with Gasteiger partial charge in [0.25, 0.3) is 0 Å². The molecule has 1 atom stereocenters. The summed E-state index contributed by atoms with van der Waals surface area (Å²) in [5.74, 6) is -0.267. The van der Waals surface area contributed by atoms with Crippen LogP contribution in [0.5, 0.6) is 0 Å². The van der Waals surface area contributed by atoms with Gasteiger partial charge in [-0.25, -0.2) is 4.79 Å².